The van der Waals surface area contributed by atoms with Crippen LogP contribution in [0.4, 0.5) is 0 Å². The van der Waals surface area contributed by atoms with E-state index in [1.165, 1.54) is 10.4 Å². The molecule has 0 aliphatic carbocycles. The first-order valence-corrected chi connectivity index (χ1v) is 11.3. The molecule has 2 heterocycles. The first kappa shape index (κ1) is 21.0. The Balaban J connectivity index is 1.71. The molecule has 28 heavy (non-hydrogen) atoms. The van der Waals surface area contributed by atoms with E-state index in [2.05, 4.69) is 10.2 Å². The van der Waals surface area contributed by atoms with Crippen molar-refractivity contribution >= 4 is 15.9 Å². The van der Waals surface area contributed by atoms with Gasteiger partial charge >= 0.3 is 0 Å². The molecule has 2 fully saturated rings. The van der Waals surface area contributed by atoms with E-state index >= 15 is 0 Å². The number of carbonyl (C=O) groups is 1. The number of morpholine rings is 1. The summed E-state index contributed by atoms with van der Waals surface area (Å²) < 4.78 is 38.3. The van der Waals surface area contributed by atoms with E-state index < -0.39 is 10.0 Å². The lowest BCUT2D eigenvalue weighted by Gasteiger charge is -2.26. The van der Waals surface area contributed by atoms with Crippen molar-refractivity contribution in [2.75, 3.05) is 59.1 Å². The van der Waals surface area contributed by atoms with Gasteiger partial charge < -0.3 is 14.8 Å². The zero-order chi connectivity index (χ0) is 20.0. The molecule has 0 bridgehead atoms. The van der Waals surface area contributed by atoms with Gasteiger partial charge in [0.2, 0.25) is 10.0 Å². The second kappa shape index (κ2) is 9.69. The van der Waals surface area contributed by atoms with Crippen LogP contribution in [-0.4, -0.2) is 82.6 Å². The highest BCUT2D eigenvalue weighted by atomic mass is 32.2. The van der Waals surface area contributed by atoms with Gasteiger partial charge in [-0.2, -0.15) is 4.31 Å². The molecule has 3 rings (SSSR count). The number of carbonyl (C=O) groups excluding carboxylic acids is 1. The SMILES string of the molecule is CCOc1ccc(C(=O)NCCN2CCOCC2)cc1S(=O)(=O)N1CCCC1. The molecular formula is C19H29N3O5S. The quantitative estimate of drug-likeness (QED) is 0.685. The van der Waals surface area contributed by atoms with Crippen molar-refractivity contribution < 1.29 is 22.7 Å². The Hall–Kier alpha value is -1.68. The fourth-order valence-corrected chi connectivity index (χ4v) is 5.12. The number of benzene rings is 1. The molecule has 2 aliphatic rings. The lowest BCUT2D eigenvalue weighted by atomic mass is 10.2. The third-order valence-electron chi connectivity index (χ3n) is 5.01. The van der Waals surface area contributed by atoms with E-state index in [0.717, 1.165) is 32.5 Å². The normalized spacial score (nSPS) is 18.9. The molecule has 1 amide bonds. The van der Waals surface area contributed by atoms with Crippen LogP contribution >= 0.6 is 0 Å². The molecule has 0 spiro atoms. The topological polar surface area (TPSA) is 88.2 Å². The molecule has 1 N–H and O–H groups in total. The zero-order valence-corrected chi connectivity index (χ0v) is 17.2. The number of sulfonamides is 1. The van der Waals surface area contributed by atoms with Gasteiger partial charge in [-0.3, -0.25) is 9.69 Å². The predicted molar refractivity (Wildman–Crippen MR) is 105 cm³/mol. The summed E-state index contributed by atoms with van der Waals surface area (Å²) >= 11 is 0. The maximum atomic E-state index is 13.0. The van der Waals surface area contributed by atoms with Crippen molar-refractivity contribution in [1.82, 2.24) is 14.5 Å². The Morgan fingerprint density at radius 1 is 1.18 bits per heavy atom. The average Bonchev–Trinajstić information content (AvgIpc) is 3.25. The van der Waals surface area contributed by atoms with Crippen LogP contribution in [0, 0.1) is 0 Å². The zero-order valence-electron chi connectivity index (χ0n) is 16.4. The molecule has 9 heteroatoms. The first-order valence-electron chi connectivity index (χ1n) is 9.87. The van der Waals surface area contributed by atoms with Crippen LogP contribution in [0.2, 0.25) is 0 Å². The molecule has 0 unspecified atom stereocenters. The number of hydrogen-bond acceptors (Lipinski definition) is 6. The molecule has 0 radical (unpaired) electrons. The lowest BCUT2D eigenvalue weighted by Crippen LogP contribution is -2.41. The van der Waals surface area contributed by atoms with Crippen molar-refractivity contribution in [3.63, 3.8) is 0 Å². The molecule has 1 aromatic rings. The van der Waals surface area contributed by atoms with Crippen LogP contribution < -0.4 is 10.1 Å². The molecule has 0 aromatic heterocycles. The Morgan fingerprint density at radius 2 is 1.89 bits per heavy atom. The van der Waals surface area contributed by atoms with Crippen molar-refractivity contribution in [1.29, 1.82) is 0 Å². The van der Waals surface area contributed by atoms with Gasteiger partial charge in [-0.05, 0) is 38.0 Å². The Kier molecular flexibility index (Phi) is 7.28. The highest BCUT2D eigenvalue weighted by Gasteiger charge is 2.30. The lowest BCUT2D eigenvalue weighted by molar-refractivity contribution is 0.0383. The Labute approximate surface area is 166 Å². The summed E-state index contributed by atoms with van der Waals surface area (Å²) in [5, 5.41) is 2.88. The maximum absolute atomic E-state index is 13.0. The molecule has 2 saturated heterocycles. The van der Waals surface area contributed by atoms with Crippen molar-refractivity contribution in [3.05, 3.63) is 23.8 Å². The van der Waals surface area contributed by atoms with Gasteiger partial charge in [0.1, 0.15) is 10.6 Å². The standard InChI is InChI=1S/C19H29N3O5S/c1-2-27-17-6-5-16(15-18(17)28(24,25)22-8-3-4-9-22)19(23)20-7-10-21-11-13-26-14-12-21/h5-6,15H,2-4,7-14H2,1H3,(H,20,23). The van der Waals surface area contributed by atoms with Gasteiger partial charge in [-0.15, -0.1) is 0 Å². The minimum atomic E-state index is -3.68. The largest absolute Gasteiger partial charge is 0.492 e. The van der Waals surface area contributed by atoms with Crippen molar-refractivity contribution in [3.8, 4) is 5.75 Å². The van der Waals surface area contributed by atoms with Gasteiger partial charge in [-0.1, -0.05) is 0 Å². The summed E-state index contributed by atoms with van der Waals surface area (Å²) in [5.41, 5.74) is 0.322. The molecule has 156 valence electrons. The molecule has 8 nitrogen and oxygen atoms in total. The van der Waals surface area contributed by atoms with Crippen molar-refractivity contribution in [2.45, 2.75) is 24.7 Å². The first-order chi connectivity index (χ1) is 13.5. The third-order valence-corrected chi connectivity index (χ3v) is 6.93. The van der Waals surface area contributed by atoms with Crippen molar-refractivity contribution in [2.24, 2.45) is 0 Å². The number of nitrogens with zero attached hydrogens (tertiary/aromatic N) is 2. The summed E-state index contributed by atoms with van der Waals surface area (Å²) in [6.45, 7) is 7.55. The van der Waals surface area contributed by atoms with E-state index in [-0.39, 0.29) is 10.8 Å². The Bertz CT molecular complexity index is 772. The molecular weight excluding hydrogens is 382 g/mol. The van der Waals surface area contributed by atoms with Crippen LogP contribution in [0.5, 0.6) is 5.75 Å². The van der Waals surface area contributed by atoms with Gasteiger partial charge in [0.25, 0.3) is 5.91 Å². The van der Waals surface area contributed by atoms with E-state index in [1.54, 1.807) is 19.1 Å². The number of nitrogens with one attached hydrogen (secondary N) is 1. The van der Waals surface area contributed by atoms with E-state index in [0.29, 0.717) is 50.8 Å². The molecule has 0 saturated carbocycles. The number of ether oxygens (including phenoxy) is 2. The molecule has 0 atom stereocenters. The predicted octanol–water partition coefficient (Wildman–Crippen LogP) is 0.932. The second-order valence-electron chi connectivity index (χ2n) is 6.92. The van der Waals surface area contributed by atoms with Crippen LogP contribution in [0.25, 0.3) is 0 Å². The number of hydrogen-bond donors (Lipinski definition) is 1. The number of amides is 1. The highest BCUT2D eigenvalue weighted by Crippen LogP contribution is 2.30. The summed E-state index contributed by atoms with van der Waals surface area (Å²) in [6, 6.07) is 4.62. The van der Waals surface area contributed by atoms with Gasteiger partial charge in [0, 0.05) is 44.8 Å². The smallest absolute Gasteiger partial charge is 0.251 e. The van der Waals surface area contributed by atoms with E-state index in [9.17, 15) is 13.2 Å². The van der Waals surface area contributed by atoms with Gasteiger partial charge in [0.15, 0.2) is 0 Å². The van der Waals surface area contributed by atoms with Gasteiger partial charge in [-0.25, -0.2) is 8.42 Å². The Morgan fingerprint density at radius 3 is 2.57 bits per heavy atom. The summed E-state index contributed by atoms with van der Waals surface area (Å²) in [6.07, 6.45) is 1.70. The highest BCUT2D eigenvalue weighted by molar-refractivity contribution is 7.89. The fourth-order valence-electron chi connectivity index (χ4n) is 3.45. The van der Waals surface area contributed by atoms with Crippen LogP contribution in [0.3, 0.4) is 0 Å². The minimum absolute atomic E-state index is 0.0667. The molecule has 2 aliphatic heterocycles. The number of rotatable bonds is 8. The fraction of sp³-hybridized carbons (Fsp3) is 0.632. The summed E-state index contributed by atoms with van der Waals surface area (Å²) in [7, 11) is -3.68. The molecule has 1 aromatic carbocycles. The maximum Gasteiger partial charge on any atom is 0.251 e. The third kappa shape index (κ3) is 5.02. The summed E-state index contributed by atoms with van der Waals surface area (Å²) in [4.78, 5) is 14.8. The van der Waals surface area contributed by atoms with E-state index in [4.69, 9.17) is 9.47 Å². The summed E-state index contributed by atoms with van der Waals surface area (Å²) in [5.74, 6) is 0.00782. The van der Waals surface area contributed by atoms with Crippen LogP contribution in [0.1, 0.15) is 30.1 Å². The average molecular weight is 412 g/mol. The van der Waals surface area contributed by atoms with Crippen LogP contribution in [-0.2, 0) is 14.8 Å². The minimum Gasteiger partial charge on any atom is -0.492 e. The van der Waals surface area contributed by atoms with Crippen LogP contribution in [0.15, 0.2) is 23.1 Å². The van der Waals surface area contributed by atoms with E-state index in [1.807, 2.05) is 0 Å². The monoisotopic (exact) mass is 411 g/mol. The van der Waals surface area contributed by atoms with Gasteiger partial charge in [0.05, 0.1) is 19.8 Å². The second-order valence-corrected chi connectivity index (χ2v) is 8.82.